The van der Waals surface area contributed by atoms with E-state index < -0.39 is 5.41 Å². The molecule has 0 bridgehead atoms. The van der Waals surface area contributed by atoms with Crippen molar-refractivity contribution >= 4 is 17.2 Å². The number of hydrogen-bond acceptors (Lipinski definition) is 4. The highest BCUT2D eigenvalue weighted by Crippen LogP contribution is 2.35. The Morgan fingerprint density at radius 2 is 2.28 bits per heavy atom. The van der Waals surface area contributed by atoms with E-state index in [1.54, 1.807) is 17.5 Å². The highest BCUT2D eigenvalue weighted by Gasteiger charge is 2.39. The van der Waals surface area contributed by atoms with Crippen LogP contribution in [0.15, 0.2) is 11.6 Å². The number of amides is 1. The number of thiazole rings is 1. The average molecular weight is 263 g/mol. The molecule has 1 heterocycles. The summed E-state index contributed by atoms with van der Waals surface area (Å²) in [5.41, 5.74) is -0.777. The number of nitrogens with zero attached hydrogens (tertiary/aromatic N) is 2. The van der Waals surface area contributed by atoms with E-state index in [1.165, 1.54) is 0 Å². The van der Waals surface area contributed by atoms with Crippen LogP contribution in [0, 0.1) is 16.7 Å². The fourth-order valence-corrected chi connectivity index (χ4v) is 2.99. The number of nitrogens with one attached hydrogen (secondary N) is 1. The smallest absolute Gasteiger partial charge is 0.240 e. The second-order valence-electron chi connectivity index (χ2n) is 4.69. The predicted octanol–water partition coefficient (Wildman–Crippen LogP) is 2.28. The fourth-order valence-electron chi connectivity index (χ4n) is 2.37. The van der Waals surface area contributed by atoms with Gasteiger partial charge in [0.05, 0.1) is 11.1 Å². The molecule has 0 spiro atoms. The summed E-state index contributed by atoms with van der Waals surface area (Å²) in [5.74, 6) is -0.0961. The van der Waals surface area contributed by atoms with E-state index in [9.17, 15) is 10.1 Å². The van der Waals surface area contributed by atoms with Gasteiger partial charge in [-0.05, 0) is 12.8 Å². The van der Waals surface area contributed by atoms with Gasteiger partial charge in [-0.3, -0.25) is 4.79 Å². The zero-order valence-corrected chi connectivity index (χ0v) is 11.1. The van der Waals surface area contributed by atoms with Gasteiger partial charge < -0.3 is 5.32 Å². The third kappa shape index (κ3) is 2.88. The first-order valence-corrected chi connectivity index (χ1v) is 7.23. The summed E-state index contributed by atoms with van der Waals surface area (Å²) in [5, 5.41) is 15.1. The standard InChI is InChI=1S/C13H17N3OS/c14-10-13(5-2-1-3-6-13)12(17)16-7-4-11-15-8-9-18-11/h8-9H,1-7H2,(H,16,17). The van der Waals surface area contributed by atoms with Crippen molar-refractivity contribution in [2.24, 2.45) is 5.41 Å². The summed E-state index contributed by atoms with van der Waals surface area (Å²) in [7, 11) is 0. The van der Waals surface area contributed by atoms with Gasteiger partial charge in [0.15, 0.2) is 0 Å². The van der Waals surface area contributed by atoms with Crippen LogP contribution < -0.4 is 5.32 Å². The van der Waals surface area contributed by atoms with Gasteiger partial charge in [0.1, 0.15) is 5.41 Å². The van der Waals surface area contributed by atoms with E-state index >= 15 is 0 Å². The Bertz CT molecular complexity index is 430. The van der Waals surface area contributed by atoms with Gasteiger partial charge in [0.25, 0.3) is 0 Å². The molecule has 0 saturated heterocycles. The first kappa shape index (κ1) is 13.0. The minimum Gasteiger partial charge on any atom is -0.354 e. The third-order valence-electron chi connectivity index (χ3n) is 3.46. The molecule has 96 valence electrons. The molecular formula is C13H17N3OS. The van der Waals surface area contributed by atoms with Gasteiger partial charge in [-0.25, -0.2) is 4.98 Å². The summed E-state index contributed by atoms with van der Waals surface area (Å²) in [4.78, 5) is 16.3. The quantitative estimate of drug-likeness (QED) is 0.906. The van der Waals surface area contributed by atoms with Gasteiger partial charge in [-0.2, -0.15) is 5.26 Å². The monoisotopic (exact) mass is 263 g/mol. The maximum atomic E-state index is 12.1. The van der Waals surface area contributed by atoms with Gasteiger partial charge in [0.2, 0.25) is 5.91 Å². The van der Waals surface area contributed by atoms with E-state index in [4.69, 9.17) is 0 Å². The molecule has 0 radical (unpaired) electrons. The molecule has 1 aromatic rings. The van der Waals surface area contributed by atoms with Gasteiger partial charge >= 0.3 is 0 Å². The second kappa shape index (κ2) is 5.96. The molecule has 2 rings (SSSR count). The maximum Gasteiger partial charge on any atom is 0.240 e. The van der Waals surface area contributed by atoms with Crippen molar-refractivity contribution in [3.8, 4) is 6.07 Å². The Morgan fingerprint density at radius 1 is 1.50 bits per heavy atom. The van der Waals surface area contributed by atoms with Crippen molar-refractivity contribution in [2.75, 3.05) is 6.54 Å². The summed E-state index contributed by atoms with van der Waals surface area (Å²) in [6.07, 6.45) is 7.00. The van der Waals surface area contributed by atoms with Crippen molar-refractivity contribution in [1.29, 1.82) is 5.26 Å². The Hall–Kier alpha value is -1.41. The van der Waals surface area contributed by atoms with Gasteiger partial charge in [-0.15, -0.1) is 11.3 Å². The molecule has 18 heavy (non-hydrogen) atoms. The first-order chi connectivity index (χ1) is 8.77. The highest BCUT2D eigenvalue weighted by atomic mass is 32.1. The van der Waals surface area contributed by atoms with Crippen LogP contribution in [0.3, 0.4) is 0 Å². The summed E-state index contributed by atoms with van der Waals surface area (Å²) in [6, 6.07) is 2.24. The van der Waals surface area contributed by atoms with Crippen LogP contribution in [0.5, 0.6) is 0 Å². The fraction of sp³-hybridized carbons (Fsp3) is 0.615. The maximum absolute atomic E-state index is 12.1. The van der Waals surface area contributed by atoms with Crippen LogP contribution in [0.4, 0.5) is 0 Å². The van der Waals surface area contributed by atoms with Crippen LogP contribution in [0.1, 0.15) is 37.1 Å². The molecular weight excluding hydrogens is 246 g/mol. The molecule has 0 aromatic carbocycles. The molecule has 1 N–H and O–H groups in total. The lowest BCUT2D eigenvalue weighted by Crippen LogP contribution is -2.42. The van der Waals surface area contributed by atoms with E-state index in [1.807, 2.05) is 5.38 Å². The van der Waals surface area contributed by atoms with Gasteiger partial charge in [-0.1, -0.05) is 19.3 Å². The van der Waals surface area contributed by atoms with Gasteiger partial charge in [0, 0.05) is 24.5 Å². The third-order valence-corrected chi connectivity index (χ3v) is 4.30. The van der Waals surface area contributed by atoms with Crippen LogP contribution in [0.2, 0.25) is 0 Å². The Balaban J connectivity index is 1.84. The van der Waals surface area contributed by atoms with E-state index in [2.05, 4.69) is 16.4 Å². The first-order valence-electron chi connectivity index (χ1n) is 6.35. The summed E-state index contributed by atoms with van der Waals surface area (Å²) < 4.78 is 0. The number of hydrogen-bond donors (Lipinski definition) is 1. The molecule has 1 fully saturated rings. The molecule has 1 aromatic heterocycles. The van der Waals surface area contributed by atoms with E-state index in [0.29, 0.717) is 19.4 Å². The van der Waals surface area contributed by atoms with Crippen molar-refractivity contribution in [1.82, 2.24) is 10.3 Å². The molecule has 4 nitrogen and oxygen atoms in total. The van der Waals surface area contributed by atoms with Crippen molar-refractivity contribution < 1.29 is 4.79 Å². The Kier molecular flexibility index (Phi) is 4.32. The van der Waals surface area contributed by atoms with Crippen molar-refractivity contribution in [3.63, 3.8) is 0 Å². The zero-order chi connectivity index (χ0) is 12.8. The summed E-state index contributed by atoms with van der Waals surface area (Å²) in [6.45, 7) is 0.565. The number of carbonyl (C=O) groups excluding carboxylic acids is 1. The van der Waals surface area contributed by atoms with Crippen LogP contribution in [-0.2, 0) is 11.2 Å². The second-order valence-corrected chi connectivity index (χ2v) is 5.67. The molecule has 0 aliphatic heterocycles. The summed E-state index contributed by atoms with van der Waals surface area (Å²) >= 11 is 1.59. The largest absolute Gasteiger partial charge is 0.354 e. The minimum atomic E-state index is -0.777. The lowest BCUT2D eigenvalue weighted by atomic mass is 9.74. The van der Waals surface area contributed by atoms with Crippen LogP contribution in [-0.4, -0.2) is 17.4 Å². The molecule has 0 atom stereocenters. The normalized spacial score (nSPS) is 17.9. The highest BCUT2D eigenvalue weighted by molar-refractivity contribution is 7.09. The SMILES string of the molecule is N#CC1(C(=O)NCCc2nccs2)CCCCC1. The molecule has 1 aliphatic carbocycles. The predicted molar refractivity (Wildman–Crippen MR) is 70.0 cm³/mol. The zero-order valence-electron chi connectivity index (χ0n) is 10.3. The van der Waals surface area contributed by atoms with Crippen molar-refractivity contribution in [2.45, 2.75) is 38.5 Å². The lowest BCUT2D eigenvalue weighted by molar-refractivity contribution is -0.129. The Morgan fingerprint density at radius 3 is 2.89 bits per heavy atom. The van der Waals surface area contributed by atoms with E-state index in [0.717, 1.165) is 30.7 Å². The number of aromatic nitrogens is 1. The molecule has 0 unspecified atom stereocenters. The number of nitriles is 1. The molecule has 1 saturated carbocycles. The van der Waals surface area contributed by atoms with Crippen LogP contribution >= 0.6 is 11.3 Å². The molecule has 1 aliphatic rings. The molecule has 1 amide bonds. The Labute approximate surface area is 111 Å². The lowest BCUT2D eigenvalue weighted by Gasteiger charge is -2.29. The minimum absolute atomic E-state index is 0.0961. The number of carbonyl (C=O) groups is 1. The molecule has 5 heteroatoms. The van der Waals surface area contributed by atoms with E-state index in [-0.39, 0.29) is 5.91 Å². The van der Waals surface area contributed by atoms with Crippen LogP contribution in [0.25, 0.3) is 0 Å². The number of rotatable bonds is 4. The van der Waals surface area contributed by atoms with Crippen molar-refractivity contribution in [3.05, 3.63) is 16.6 Å². The topological polar surface area (TPSA) is 65.8 Å². The average Bonchev–Trinajstić information content (AvgIpc) is 2.92.